The Morgan fingerprint density at radius 2 is 2.31 bits per heavy atom. The molecule has 1 rings (SSSR count). The average molecular weight is 224 g/mol. The molecule has 1 aliphatic rings. The van der Waals surface area contributed by atoms with Gasteiger partial charge in [-0.25, -0.2) is 0 Å². The SMILES string of the molecule is CCC/C=C/C1C(=O)CCC1CC(=O)OC. The van der Waals surface area contributed by atoms with E-state index in [0.717, 1.165) is 19.3 Å². The molecule has 0 aromatic rings. The van der Waals surface area contributed by atoms with Gasteiger partial charge in [-0.3, -0.25) is 9.59 Å². The number of Topliss-reactive ketones (excluding diaryl/α,β-unsaturated/α-hetero) is 1. The number of carbonyl (C=O) groups is 2. The maximum absolute atomic E-state index is 11.6. The number of esters is 1. The van der Waals surface area contributed by atoms with Crippen molar-refractivity contribution in [3.05, 3.63) is 12.2 Å². The van der Waals surface area contributed by atoms with Crippen LogP contribution in [-0.4, -0.2) is 18.9 Å². The Morgan fingerprint density at radius 1 is 1.56 bits per heavy atom. The number of rotatable bonds is 5. The Hall–Kier alpha value is -1.12. The molecule has 0 aliphatic heterocycles. The average Bonchev–Trinajstić information content (AvgIpc) is 2.61. The van der Waals surface area contributed by atoms with Gasteiger partial charge in [0.25, 0.3) is 0 Å². The quantitative estimate of drug-likeness (QED) is 0.532. The highest BCUT2D eigenvalue weighted by Gasteiger charge is 2.34. The molecule has 1 aliphatic carbocycles. The molecule has 1 saturated carbocycles. The fourth-order valence-electron chi connectivity index (χ4n) is 2.14. The summed E-state index contributed by atoms with van der Waals surface area (Å²) in [7, 11) is 1.39. The number of hydrogen-bond donors (Lipinski definition) is 0. The first kappa shape index (κ1) is 12.9. The Bertz CT molecular complexity index is 281. The molecule has 0 aromatic heterocycles. The fraction of sp³-hybridized carbons (Fsp3) is 0.692. The number of carbonyl (C=O) groups excluding carboxylic acids is 2. The third-order valence-electron chi connectivity index (χ3n) is 3.10. The molecule has 2 unspecified atom stereocenters. The van der Waals surface area contributed by atoms with Gasteiger partial charge in [-0.2, -0.15) is 0 Å². The second-order valence-electron chi connectivity index (χ2n) is 4.29. The van der Waals surface area contributed by atoms with Gasteiger partial charge in [0, 0.05) is 18.8 Å². The van der Waals surface area contributed by atoms with Gasteiger partial charge in [0.2, 0.25) is 0 Å². The second kappa shape index (κ2) is 6.46. The molecule has 1 fully saturated rings. The molecule has 0 heterocycles. The van der Waals surface area contributed by atoms with Gasteiger partial charge in [-0.05, 0) is 18.8 Å². The van der Waals surface area contributed by atoms with Crippen molar-refractivity contribution in [2.24, 2.45) is 11.8 Å². The Balaban J connectivity index is 2.55. The van der Waals surface area contributed by atoms with Crippen molar-refractivity contribution in [1.29, 1.82) is 0 Å². The minimum atomic E-state index is -0.214. The molecule has 0 radical (unpaired) electrons. The van der Waals surface area contributed by atoms with E-state index < -0.39 is 0 Å². The van der Waals surface area contributed by atoms with Crippen molar-refractivity contribution in [3.8, 4) is 0 Å². The first-order valence-electron chi connectivity index (χ1n) is 5.95. The van der Waals surface area contributed by atoms with Crippen LogP contribution in [0.4, 0.5) is 0 Å². The Morgan fingerprint density at radius 3 is 2.94 bits per heavy atom. The lowest BCUT2D eigenvalue weighted by Gasteiger charge is -2.13. The third kappa shape index (κ3) is 3.47. The lowest BCUT2D eigenvalue weighted by atomic mass is 9.92. The van der Waals surface area contributed by atoms with Crippen molar-refractivity contribution < 1.29 is 14.3 Å². The Labute approximate surface area is 96.9 Å². The molecule has 16 heavy (non-hydrogen) atoms. The van der Waals surface area contributed by atoms with Crippen LogP contribution >= 0.6 is 0 Å². The molecule has 0 amide bonds. The molecule has 0 bridgehead atoms. The van der Waals surface area contributed by atoms with Gasteiger partial charge < -0.3 is 4.74 Å². The van der Waals surface area contributed by atoms with Crippen LogP contribution in [-0.2, 0) is 14.3 Å². The second-order valence-corrected chi connectivity index (χ2v) is 4.29. The molecule has 3 nitrogen and oxygen atoms in total. The van der Waals surface area contributed by atoms with Crippen LogP contribution in [0.25, 0.3) is 0 Å². The van der Waals surface area contributed by atoms with Crippen molar-refractivity contribution in [1.82, 2.24) is 0 Å². The predicted octanol–water partition coefficient (Wildman–Crippen LogP) is 2.50. The highest BCUT2D eigenvalue weighted by atomic mass is 16.5. The van der Waals surface area contributed by atoms with Crippen LogP contribution in [0.2, 0.25) is 0 Å². The van der Waals surface area contributed by atoms with Gasteiger partial charge in [0.1, 0.15) is 5.78 Å². The standard InChI is InChI=1S/C13H20O3/c1-3-4-5-6-11-10(7-8-12(11)14)9-13(15)16-2/h5-6,10-11H,3-4,7-9H2,1-2H3/b6-5+. The molecule has 0 spiro atoms. The maximum Gasteiger partial charge on any atom is 0.305 e. The zero-order chi connectivity index (χ0) is 12.0. The van der Waals surface area contributed by atoms with Gasteiger partial charge in [-0.1, -0.05) is 25.5 Å². The zero-order valence-corrected chi connectivity index (χ0v) is 10.1. The van der Waals surface area contributed by atoms with Gasteiger partial charge in [-0.15, -0.1) is 0 Å². The van der Waals surface area contributed by atoms with E-state index in [9.17, 15) is 9.59 Å². The lowest BCUT2D eigenvalue weighted by Crippen LogP contribution is -2.16. The van der Waals surface area contributed by atoms with Crippen molar-refractivity contribution >= 4 is 11.8 Å². The van der Waals surface area contributed by atoms with Crippen LogP contribution in [0.5, 0.6) is 0 Å². The number of hydrogen-bond acceptors (Lipinski definition) is 3. The predicted molar refractivity (Wildman–Crippen MR) is 61.9 cm³/mol. The summed E-state index contributed by atoms with van der Waals surface area (Å²) < 4.78 is 4.65. The van der Waals surface area contributed by atoms with Gasteiger partial charge >= 0.3 is 5.97 Å². The van der Waals surface area contributed by atoms with Crippen LogP contribution in [0.15, 0.2) is 12.2 Å². The molecular weight excluding hydrogens is 204 g/mol. The first-order valence-corrected chi connectivity index (χ1v) is 5.95. The third-order valence-corrected chi connectivity index (χ3v) is 3.10. The monoisotopic (exact) mass is 224 g/mol. The zero-order valence-electron chi connectivity index (χ0n) is 10.1. The summed E-state index contributed by atoms with van der Waals surface area (Å²) >= 11 is 0. The summed E-state index contributed by atoms with van der Waals surface area (Å²) in [6.45, 7) is 2.10. The van der Waals surface area contributed by atoms with E-state index >= 15 is 0 Å². The molecule has 3 heteroatoms. The highest BCUT2D eigenvalue weighted by Crippen LogP contribution is 2.32. The number of ketones is 1. The van der Waals surface area contributed by atoms with Crippen molar-refractivity contribution in [2.45, 2.75) is 39.0 Å². The van der Waals surface area contributed by atoms with Gasteiger partial charge in [0.05, 0.1) is 7.11 Å². The molecular formula is C13H20O3. The van der Waals surface area contributed by atoms with E-state index in [4.69, 9.17) is 0 Å². The summed E-state index contributed by atoms with van der Waals surface area (Å²) in [5.41, 5.74) is 0. The highest BCUT2D eigenvalue weighted by molar-refractivity contribution is 5.86. The topological polar surface area (TPSA) is 43.4 Å². The summed E-state index contributed by atoms with van der Waals surface area (Å²) in [5.74, 6) is 0.133. The first-order chi connectivity index (χ1) is 7.69. The maximum atomic E-state index is 11.6. The molecule has 90 valence electrons. The number of ether oxygens (including phenoxy) is 1. The van der Waals surface area contributed by atoms with Gasteiger partial charge in [0.15, 0.2) is 0 Å². The normalized spacial score (nSPS) is 25.2. The number of methoxy groups -OCH3 is 1. The van der Waals surface area contributed by atoms with Crippen LogP contribution in [0.3, 0.4) is 0 Å². The Kier molecular flexibility index (Phi) is 5.23. The van der Waals surface area contributed by atoms with Crippen LogP contribution in [0, 0.1) is 11.8 Å². The van der Waals surface area contributed by atoms with Crippen LogP contribution < -0.4 is 0 Å². The minimum Gasteiger partial charge on any atom is -0.469 e. The van der Waals surface area contributed by atoms with E-state index in [1.165, 1.54) is 7.11 Å². The lowest BCUT2D eigenvalue weighted by molar-refractivity contribution is -0.141. The summed E-state index contributed by atoms with van der Waals surface area (Å²) in [6, 6.07) is 0. The largest absolute Gasteiger partial charge is 0.469 e. The van der Waals surface area contributed by atoms with Crippen molar-refractivity contribution in [3.63, 3.8) is 0 Å². The summed E-state index contributed by atoms with van der Waals surface area (Å²) in [6.07, 6.45) is 7.89. The smallest absolute Gasteiger partial charge is 0.305 e. The molecule has 0 aromatic carbocycles. The van der Waals surface area contributed by atoms with Crippen molar-refractivity contribution in [2.75, 3.05) is 7.11 Å². The number of unbranched alkanes of at least 4 members (excludes halogenated alkanes) is 1. The van der Waals surface area contributed by atoms with E-state index in [0.29, 0.717) is 12.8 Å². The summed E-state index contributed by atoms with van der Waals surface area (Å²) in [4.78, 5) is 22.8. The molecule has 2 atom stereocenters. The fourth-order valence-corrected chi connectivity index (χ4v) is 2.14. The minimum absolute atomic E-state index is 0.0642. The molecule has 0 N–H and O–H groups in total. The molecule has 0 saturated heterocycles. The van der Waals surface area contributed by atoms with Crippen LogP contribution in [0.1, 0.15) is 39.0 Å². The van der Waals surface area contributed by atoms with E-state index in [-0.39, 0.29) is 23.6 Å². The van der Waals surface area contributed by atoms with E-state index in [2.05, 4.69) is 17.7 Å². The van der Waals surface area contributed by atoms with E-state index in [1.807, 2.05) is 6.08 Å². The number of allylic oxidation sites excluding steroid dienone is 2. The summed E-state index contributed by atoms with van der Waals surface area (Å²) in [5, 5.41) is 0. The van der Waals surface area contributed by atoms with E-state index in [1.54, 1.807) is 0 Å².